The Morgan fingerprint density at radius 3 is 2.32 bits per heavy atom. The number of amides is 2. The summed E-state index contributed by atoms with van der Waals surface area (Å²) in [6.45, 7) is 4.92. The molecule has 1 fully saturated rings. The van der Waals surface area contributed by atoms with Crippen molar-refractivity contribution in [1.29, 1.82) is 0 Å². The molecule has 0 radical (unpaired) electrons. The third kappa shape index (κ3) is 6.56. The molecule has 0 aliphatic carbocycles. The molecule has 1 aliphatic rings. The number of nitrogens with one attached hydrogen (secondary N) is 1. The van der Waals surface area contributed by atoms with Gasteiger partial charge in [0, 0.05) is 59.1 Å². The molecule has 1 aliphatic heterocycles. The largest absolute Gasteiger partial charge is 0.368 e. The lowest BCUT2D eigenvalue weighted by Gasteiger charge is -2.36. The third-order valence-electron chi connectivity index (χ3n) is 6.33. The summed E-state index contributed by atoms with van der Waals surface area (Å²) in [6.07, 6.45) is 0. The average molecular weight is 563 g/mol. The molecule has 4 aromatic rings. The predicted octanol–water partition coefficient (Wildman–Crippen LogP) is 6.47. The van der Waals surface area contributed by atoms with Crippen molar-refractivity contribution in [2.75, 3.05) is 42.1 Å². The van der Waals surface area contributed by atoms with Gasteiger partial charge >= 0.3 is 0 Å². The van der Waals surface area contributed by atoms with Gasteiger partial charge in [-0.3, -0.25) is 9.59 Å². The van der Waals surface area contributed by atoms with E-state index in [2.05, 4.69) is 15.2 Å². The molecule has 194 valence electrons. The van der Waals surface area contributed by atoms with E-state index in [-0.39, 0.29) is 17.6 Å². The third-order valence-corrected chi connectivity index (χ3v) is 8.60. The fourth-order valence-electron chi connectivity index (χ4n) is 4.20. The highest BCUT2D eigenvalue weighted by Crippen LogP contribution is 2.29. The molecule has 2 heterocycles. The molecule has 3 aromatic carbocycles. The van der Waals surface area contributed by atoms with Gasteiger partial charge in [0.1, 0.15) is 0 Å². The fraction of sp³-hybridized carbons (Fsp3) is 0.207. The minimum atomic E-state index is -0.0748. The molecular weight excluding hydrogens is 536 g/mol. The zero-order valence-corrected chi connectivity index (χ0v) is 23.3. The van der Waals surface area contributed by atoms with Crippen LogP contribution in [0.3, 0.4) is 0 Å². The summed E-state index contributed by atoms with van der Waals surface area (Å²) in [7, 11) is 0. The monoisotopic (exact) mass is 562 g/mol. The highest BCUT2D eigenvalue weighted by Gasteiger charge is 2.22. The van der Waals surface area contributed by atoms with Gasteiger partial charge in [-0.2, -0.15) is 0 Å². The first-order valence-corrected chi connectivity index (χ1v) is 14.5. The van der Waals surface area contributed by atoms with Crippen molar-refractivity contribution in [3.05, 3.63) is 94.3 Å². The minimum absolute atomic E-state index is 0.0748. The van der Waals surface area contributed by atoms with Crippen LogP contribution in [0.2, 0.25) is 5.02 Å². The second-order valence-corrected chi connectivity index (χ2v) is 11.6. The van der Waals surface area contributed by atoms with Crippen molar-refractivity contribution in [3.8, 4) is 11.3 Å². The van der Waals surface area contributed by atoms with Gasteiger partial charge in [-0.15, -0.1) is 11.3 Å². The molecule has 6 nitrogen and oxygen atoms in total. The highest BCUT2D eigenvalue weighted by atomic mass is 35.5. The van der Waals surface area contributed by atoms with Crippen LogP contribution in [-0.4, -0.2) is 53.6 Å². The molecule has 5 rings (SSSR count). The number of rotatable bonds is 7. The summed E-state index contributed by atoms with van der Waals surface area (Å²) >= 11 is 8.91. The van der Waals surface area contributed by atoms with Crippen LogP contribution < -0.4 is 10.2 Å². The first kappa shape index (κ1) is 26.3. The zero-order chi connectivity index (χ0) is 26.5. The number of benzene rings is 3. The van der Waals surface area contributed by atoms with E-state index in [4.69, 9.17) is 11.6 Å². The Labute approximate surface area is 235 Å². The van der Waals surface area contributed by atoms with Crippen molar-refractivity contribution in [2.45, 2.75) is 11.3 Å². The van der Waals surface area contributed by atoms with E-state index < -0.39 is 0 Å². The number of aromatic nitrogens is 1. The smallest absolute Gasteiger partial charge is 0.253 e. The van der Waals surface area contributed by atoms with Gasteiger partial charge in [0.05, 0.1) is 11.4 Å². The van der Waals surface area contributed by atoms with E-state index in [1.807, 2.05) is 90.0 Å². The molecule has 2 amide bonds. The lowest BCUT2D eigenvalue weighted by atomic mass is 10.1. The summed E-state index contributed by atoms with van der Waals surface area (Å²) in [5.74, 6) is 0.292. The molecular formula is C29H27ClN4O2S2. The number of hydrogen-bond acceptors (Lipinski definition) is 6. The van der Waals surface area contributed by atoms with Crippen LogP contribution in [0, 0.1) is 6.92 Å². The first-order chi connectivity index (χ1) is 18.4. The second kappa shape index (κ2) is 12.0. The Morgan fingerprint density at radius 2 is 1.63 bits per heavy atom. The van der Waals surface area contributed by atoms with Crippen molar-refractivity contribution in [2.24, 2.45) is 0 Å². The van der Waals surface area contributed by atoms with Crippen molar-refractivity contribution < 1.29 is 9.59 Å². The number of thioether (sulfide) groups is 1. The van der Waals surface area contributed by atoms with Gasteiger partial charge < -0.3 is 15.1 Å². The summed E-state index contributed by atoms with van der Waals surface area (Å²) in [5, 5.41) is 5.64. The van der Waals surface area contributed by atoms with Crippen molar-refractivity contribution in [3.63, 3.8) is 0 Å². The number of piperazine rings is 1. The lowest BCUT2D eigenvalue weighted by Crippen LogP contribution is -2.48. The number of carbonyl (C=O) groups is 2. The van der Waals surface area contributed by atoms with Crippen LogP contribution in [0.15, 0.2) is 82.5 Å². The average Bonchev–Trinajstić information content (AvgIpc) is 3.42. The molecule has 0 atom stereocenters. The van der Waals surface area contributed by atoms with E-state index in [0.29, 0.717) is 18.1 Å². The van der Waals surface area contributed by atoms with Gasteiger partial charge in [-0.1, -0.05) is 53.2 Å². The SMILES string of the molecule is Cc1ccc(C(=O)N2CCN(c3ccc(NC(=O)CSc4nc(-c5ccc(Cl)cc5)cs4)cc3)CC2)cc1. The Kier molecular flexibility index (Phi) is 8.32. The molecule has 1 aromatic heterocycles. The van der Waals surface area contributed by atoms with E-state index in [9.17, 15) is 9.59 Å². The Bertz CT molecular complexity index is 1400. The van der Waals surface area contributed by atoms with Gasteiger partial charge in [-0.05, 0) is 55.5 Å². The van der Waals surface area contributed by atoms with Crippen LogP contribution in [0.25, 0.3) is 11.3 Å². The summed E-state index contributed by atoms with van der Waals surface area (Å²) < 4.78 is 0.848. The van der Waals surface area contributed by atoms with Gasteiger partial charge in [0.2, 0.25) is 5.91 Å². The molecule has 0 unspecified atom stereocenters. The number of carbonyl (C=O) groups excluding carboxylic acids is 2. The normalized spacial score (nSPS) is 13.4. The zero-order valence-electron chi connectivity index (χ0n) is 20.9. The van der Waals surface area contributed by atoms with Crippen molar-refractivity contribution >= 4 is 57.9 Å². The molecule has 0 bridgehead atoms. The Balaban J connectivity index is 1.08. The number of hydrogen-bond donors (Lipinski definition) is 1. The molecule has 38 heavy (non-hydrogen) atoms. The predicted molar refractivity (Wildman–Crippen MR) is 158 cm³/mol. The van der Waals surface area contributed by atoms with Crippen LogP contribution >= 0.6 is 34.7 Å². The maximum Gasteiger partial charge on any atom is 0.253 e. The maximum atomic E-state index is 12.8. The van der Waals surface area contributed by atoms with Gasteiger partial charge in [-0.25, -0.2) is 4.98 Å². The number of halogens is 1. The fourth-order valence-corrected chi connectivity index (χ4v) is 5.96. The van der Waals surface area contributed by atoms with Gasteiger partial charge in [0.25, 0.3) is 5.91 Å². The Morgan fingerprint density at radius 1 is 0.947 bits per heavy atom. The molecule has 1 saturated heterocycles. The highest BCUT2D eigenvalue weighted by molar-refractivity contribution is 8.01. The standard InChI is InChI=1S/C29H27ClN4O2S2/c1-20-2-4-22(5-3-20)28(36)34-16-14-33(15-17-34)25-12-10-24(11-13-25)31-27(35)19-38-29-32-26(18-37-29)21-6-8-23(30)9-7-21/h2-13,18H,14-17,19H2,1H3,(H,31,35). The quantitative estimate of drug-likeness (QED) is 0.262. The summed E-state index contributed by atoms with van der Waals surface area (Å²) in [6, 6.07) is 23.2. The van der Waals surface area contributed by atoms with E-state index >= 15 is 0 Å². The molecule has 0 saturated carbocycles. The Hall–Kier alpha value is -3.33. The summed E-state index contributed by atoms with van der Waals surface area (Å²) in [5.41, 5.74) is 5.60. The number of aryl methyl sites for hydroxylation is 1. The molecule has 0 spiro atoms. The van der Waals surface area contributed by atoms with Crippen LogP contribution in [0.5, 0.6) is 0 Å². The number of anilines is 2. The molecule has 1 N–H and O–H groups in total. The van der Waals surface area contributed by atoms with E-state index in [0.717, 1.165) is 51.2 Å². The maximum absolute atomic E-state index is 12.8. The lowest BCUT2D eigenvalue weighted by molar-refractivity contribution is -0.113. The molecule has 9 heteroatoms. The first-order valence-electron chi connectivity index (χ1n) is 12.3. The van der Waals surface area contributed by atoms with E-state index in [1.165, 1.54) is 23.1 Å². The number of thiazole rings is 1. The van der Waals surface area contributed by atoms with Crippen LogP contribution in [0.4, 0.5) is 11.4 Å². The van der Waals surface area contributed by atoms with Crippen LogP contribution in [-0.2, 0) is 4.79 Å². The second-order valence-electron chi connectivity index (χ2n) is 9.03. The van der Waals surface area contributed by atoms with Gasteiger partial charge in [0.15, 0.2) is 4.34 Å². The van der Waals surface area contributed by atoms with Crippen LogP contribution in [0.1, 0.15) is 15.9 Å². The minimum Gasteiger partial charge on any atom is -0.368 e. The summed E-state index contributed by atoms with van der Waals surface area (Å²) in [4.78, 5) is 34.1. The topological polar surface area (TPSA) is 65.5 Å². The van der Waals surface area contributed by atoms with E-state index in [1.54, 1.807) is 0 Å². The number of nitrogens with zero attached hydrogens (tertiary/aromatic N) is 3. The van der Waals surface area contributed by atoms with Crippen molar-refractivity contribution in [1.82, 2.24) is 9.88 Å².